The number of ether oxygens (including phenoxy) is 1. The van der Waals surface area contributed by atoms with E-state index in [1.165, 1.54) is 0 Å². The monoisotopic (exact) mass is 156 g/mol. The van der Waals surface area contributed by atoms with E-state index in [2.05, 4.69) is 24.2 Å². The molecule has 0 amide bonds. The lowest BCUT2D eigenvalue weighted by molar-refractivity contribution is 0.282. The van der Waals surface area contributed by atoms with Crippen LogP contribution in [0.25, 0.3) is 0 Å². The minimum Gasteiger partial charge on any atom is -0.327 e. The first-order valence-corrected chi connectivity index (χ1v) is 3.98. The van der Waals surface area contributed by atoms with Gasteiger partial charge in [-0.2, -0.15) is 0 Å². The Hall–Kier alpha value is -0.410. The highest BCUT2D eigenvalue weighted by Gasteiger charge is 2.51. The lowest BCUT2D eigenvalue weighted by atomic mass is 10.2. The van der Waals surface area contributed by atoms with Crippen molar-refractivity contribution < 1.29 is 4.74 Å². The molecule has 0 bridgehead atoms. The first-order chi connectivity index (χ1) is 5.08. The number of likely N-dealkylation sites (N-methyl/N-ethyl adjacent to an activating group) is 1. The maximum atomic E-state index is 5.30. The van der Waals surface area contributed by atoms with E-state index < -0.39 is 0 Å². The van der Waals surface area contributed by atoms with Crippen molar-refractivity contribution in [1.82, 2.24) is 5.32 Å². The number of hydrogen-bond acceptors (Lipinski definition) is 3. The maximum absolute atomic E-state index is 5.30. The standard InChI is InChI=1S/C8H16N2O/c1-6(2)5-10-7-8(3,9-4)11-7/h5-7,9H,1-4H3/t7?,8-/m0/s1. The molecule has 1 unspecified atom stereocenters. The molecule has 11 heavy (non-hydrogen) atoms. The SMILES string of the molecule is CN[C@@]1(C)OC1N=CC(C)C. The molecule has 0 spiro atoms. The summed E-state index contributed by atoms with van der Waals surface area (Å²) >= 11 is 0. The topological polar surface area (TPSA) is 36.9 Å². The molecule has 0 saturated carbocycles. The van der Waals surface area contributed by atoms with Gasteiger partial charge in [0.15, 0.2) is 12.0 Å². The predicted molar refractivity (Wildman–Crippen MR) is 45.7 cm³/mol. The van der Waals surface area contributed by atoms with Crippen molar-refractivity contribution in [3.8, 4) is 0 Å². The van der Waals surface area contributed by atoms with Gasteiger partial charge in [0.1, 0.15) is 0 Å². The third-order valence-corrected chi connectivity index (χ3v) is 1.79. The van der Waals surface area contributed by atoms with Gasteiger partial charge in [-0.05, 0) is 19.9 Å². The van der Waals surface area contributed by atoms with E-state index in [-0.39, 0.29) is 12.0 Å². The first-order valence-electron chi connectivity index (χ1n) is 3.98. The molecule has 0 aliphatic carbocycles. The molecule has 1 rings (SSSR count). The fraction of sp³-hybridized carbons (Fsp3) is 0.875. The van der Waals surface area contributed by atoms with Crippen molar-refractivity contribution in [2.75, 3.05) is 7.05 Å². The van der Waals surface area contributed by atoms with Crippen LogP contribution >= 0.6 is 0 Å². The van der Waals surface area contributed by atoms with Crippen molar-refractivity contribution in [3.05, 3.63) is 0 Å². The van der Waals surface area contributed by atoms with Crippen LogP contribution in [-0.2, 0) is 4.74 Å². The summed E-state index contributed by atoms with van der Waals surface area (Å²) in [5.41, 5.74) is -0.203. The lowest BCUT2D eigenvalue weighted by Crippen LogP contribution is -2.27. The summed E-state index contributed by atoms with van der Waals surface area (Å²) in [7, 11) is 1.88. The molecule has 1 fully saturated rings. The van der Waals surface area contributed by atoms with Gasteiger partial charge in [0.2, 0.25) is 0 Å². The Bertz CT molecular complexity index is 167. The molecule has 0 aromatic rings. The van der Waals surface area contributed by atoms with Gasteiger partial charge >= 0.3 is 0 Å². The normalized spacial score (nSPS) is 37.0. The van der Waals surface area contributed by atoms with Gasteiger partial charge in [-0.25, -0.2) is 0 Å². The quantitative estimate of drug-likeness (QED) is 0.489. The largest absolute Gasteiger partial charge is 0.327 e. The molecule has 1 aliphatic heterocycles. The Morgan fingerprint density at radius 2 is 2.27 bits per heavy atom. The number of rotatable bonds is 3. The summed E-state index contributed by atoms with van der Waals surface area (Å²) in [5.74, 6) is 0.500. The van der Waals surface area contributed by atoms with Crippen LogP contribution in [0.1, 0.15) is 20.8 Å². The zero-order valence-corrected chi connectivity index (χ0v) is 7.59. The van der Waals surface area contributed by atoms with Crippen LogP contribution in [-0.4, -0.2) is 25.2 Å². The minimum atomic E-state index is -0.203. The zero-order valence-electron chi connectivity index (χ0n) is 7.59. The number of nitrogens with zero attached hydrogens (tertiary/aromatic N) is 1. The smallest absolute Gasteiger partial charge is 0.192 e. The van der Waals surface area contributed by atoms with Crippen LogP contribution in [0.5, 0.6) is 0 Å². The second-order valence-electron chi connectivity index (χ2n) is 3.37. The molecule has 0 radical (unpaired) electrons. The molecule has 3 nitrogen and oxygen atoms in total. The highest BCUT2D eigenvalue weighted by atomic mass is 16.6. The van der Waals surface area contributed by atoms with Crippen molar-refractivity contribution >= 4 is 6.21 Å². The molecule has 0 aromatic carbocycles. The summed E-state index contributed by atoms with van der Waals surface area (Å²) in [6.07, 6.45) is 1.95. The van der Waals surface area contributed by atoms with Gasteiger partial charge in [0, 0.05) is 6.21 Å². The predicted octanol–water partition coefficient (Wildman–Crippen LogP) is 1.01. The van der Waals surface area contributed by atoms with Crippen molar-refractivity contribution in [2.45, 2.75) is 32.7 Å². The highest BCUT2D eigenvalue weighted by Crippen LogP contribution is 2.33. The molecule has 64 valence electrons. The van der Waals surface area contributed by atoms with E-state index in [9.17, 15) is 0 Å². The Morgan fingerprint density at radius 1 is 1.64 bits per heavy atom. The molecular formula is C8H16N2O. The number of aliphatic imine (C=N–C) groups is 1. The van der Waals surface area contributed by atoms with Crippen LogP contribution in [0.4, 0.5) is 0 Å². The van der Waals surface area contributed by atoms with Crippen LogP contribution in [0.3, 0.4) is 0 Å². The third kappa shape index (κ3) is 2.01. The van der Waals surface area contributed by atoms with Gasteiger partial charge in [0.05, 0.1) is 0 Å². The molecule has 2 atom stereocenters. The molecule has 3 heteroatoms. The number of hydrogen-bond donors (Lipinski definition) is 1. The first kappa shape index (κ1) is 8.68. The lowest BCUT2D eigenvalue weighted by Gasteiger charge is -1.99. The van der Waals surface area contributed by atoms with Gasteiger partial charge in [-0.3, -0.25) is 10.3 Å². The van der Waals surface area contributed by atoms with E-state index in [1.54, 1.807) is 0 Å². The summed E-state index contributed by atoms with van der Waals surface area (Å²) < 4.78 is 5.30. The fourth-order valence-electron chi connectivity index (χ4n) is 0.803. The van der Waals surface area contributed by atoms with E-state index in [0.717, 1.165) is 0 Å². The van der Waals surface area contributed by atoms with E-state index in [1.807, 2.05) is 20.2 Å². The van der Waals surface area contributed by atoms with Gasteiger partial charge < -0.3 is 4.74 Å². The van der Waals surface area contributed by atoms with Gasteiger partial charge in [-0.1, -0.05) is 13.8 Å². The Labute approximate surface area is 67.8 Å². The molecular weight excluding hydrogens is 140 g/mol. The van der Waals surface area contributed by atoms with E-state index >= 15 is 0 Å². The Balaban J connectivity index is 2.33. The van der Waals surface area contributed by atoms with Crippen molar-refractivity contribution in [2.24, 2.45) is 10.9 Å². The van der Waals surface area contributed by atoms with E-state index in [0.29, 0.717) is 5.92 Å². The fourth-order valence-corrected chi connectivity index (χ4v) is 0.803. The number of epoxide rings is 1. The summed E-state index contributed by atoms with van der Waals surface area (Å²) in [5, 5.41) is 3.05. The molecule has 1 saturated heterocycles. The van der Waals surface area contributed by atoms with Crippen LogP contribution in [0.2, 0.25) is 0 Å². The van der Waals surface area contributed by atoms with E-state index in [4.69, 9.17) is 4.74 Å². The summed E-state index contributed by atoms with van der Waals surface area (Å²) in [6, 6.07) is 0. The Morgan fingerprint density at radius 3 is 2.64 bits per heavy atom. The Kier molecular flexibility index (Phi) is 2.30. The van der Waals surface area contributed by atoms with Crippen molar-refractivity contribution in [3.63, 3.8) is 0 Å². The molecule has 0 aromatic heterocycles. The number of nitrogens with one attached hydrogen (secondary N) is 1. The third-order valence-electron chi connectivity index (χ3n) is 1.79. The minimum absolute atomic E-state index is 0.0231. The molecule has 1 N–H and O–H groups in total. The molecule has 1 heterocycles. The summed E-state index contributed by atoms with van der Waals surface area (Å²) in [4.78, 5) is 4.25. The van der Waals surface area contributed by atoms with Crippen LogP contribution in [0.15, 0.2) is 4.99 Å². The molecule has 1 aliphatic rings. The van der Waals surface area contributed by atoms with Crippen LogP contribution in [0, 0.1) is 5.92 Å². The second kappa shape index (κ2) is 2.91. The zero-order chi connectivity index (χ0) is 8.48. The maximum Gasteiger partial charge on any atom is 0.192 e. The summed E-state index contributed by atoms with van der Waals surface area (Å²) in [6.45, 7) is 6.19. The highest BCUT2D eigenvalue weighted by molar-refractivity contribution is 5.60. The van der Waals surface area contributed by atoms with Crippen molar-refractivity contribution in [1.29, 1.82) is 0 Å². The average Bonchev–Trinajstić information content (AvgIpc) is 2.59. The van der Waals surface area contributed by atoms with Crippen LogP contribution < -0.4 is 5.32 Å². The van der Waals surface area contributed by atoms with Gasteiger partial charge in [0.25, 0.3) is 0 Å². The second-order valence-corrected chi connectivity index (χ2v) is 3.37. The average molecular weight is 156 g/mol. The van der Waals surface area contributed by atoms with Gasteiger partial charge in [-0.15, -0.1) is 0 Å².